The molecule has 1 heterocycles. The molecule has 0 spiro atoms. The highest BCUT2D eigenvalue weighted by Gasteiger charge is 2.13. The SMILES string of the molecule is O=C(O)c1ccc(CNC(=O)c2cc(Br)ccc2O)o1. The van der Waals surface area contributed by atoms with Crippen LogP contribution in [0, 0.1) is 0 Å². The minimum absolute atomic E-state index is 0.0259. The van der Waals surface area contributed by atoms with E-state index >= 15 is 0 Å². The first-order chi connectivity index (χ1) is 9.47. The van der Waals surface area contributed by atoms with Gasteiger partial charge < -0.3 is 19.9 Å². The van der Waals surface area contributed by atoms with Crippen LogP contribution in [0.2, 0.25) is 0 Å². The predicted octanol–water partition coefficient (Wildman–Crippen LogP) is 2.38. The van der Waals surface area contributed by atoms with Gasteiger partial charge in [0.25, 0.3) is 5.91 Å². The van der Waals surface area contributed by atoms with E-state index < -0.39 is 11.9 Å². The van der Waals surface area contributed by atoms with E-state index in [1.165, 1.54) is 24.3 Å². The molecular formula is C13H10BrNO5. The van der Waals surface area contributed by atoms with E-state index in [9.17, 15) is 14.7 Å². The summed E-state index contributed by atoms with van der Waals surface area (Å²) in [4.78, 5) is 22.5. The molecule has 0 saturated heterocycles. The molecule has 0 fully saturated rings. The first-order valence-electron chi connectivity index (χ1n) is 5.56. The van der Waals surface area contributed by atoms with Gasteiger partial charge in [0.05, 0.1) is 12.1 Å². The number of carbonyl (C=O) groups excluding carboxylic acids is 1. The predicted molar refractivity (Wildman–Crippen MR) is 72.6 cm³/mol. The average Bonchev–Trinajstić information content (AvgIpc) is 2.88. The van der Waals surface area contributed by atoms with Crippen LogP contribution in [0.4, 0.5) is 0 Å². The Bertz CT molecular complexity index is 665. The van der Waals surface area contributed by atoms with Gasteiger partial charge in [-0.15, -0.1) is 0 Å². The van der Waals surface area contributed by atoms with E-state index in [0.29, 0.717) is 10.2 Å². The van der Waals surface area contributed by atoms with Crippen LogP contribution in [-0.2, 0) is 6.54 Å². The quantitative estimate of drug-likeness (QED) is 0.794. The topological polar surface area (TPSA) is 99.8 Å². The third kappa shape index (κ3) is 3.18. The van der Waals surface area contributed by atoms with E-state index in [1.807, 2.05) is 0 Å². The fourth-order valence-corrected chi connectivity index (χ4v) is 1.90. The number of furan rings is 1. The largest absolute Gasteiger partial charge is 0.507 e. The smallest absolute Gasteiger partial charge is 0.371 e. The molecule has 0 bridgehead atoms. The third-order valence-electron chi connectivity index (χ3n) is 2.50. The van der Waals surface area contributed by atoms with Crippen molar-refractivity contribution in [3.8, 4) is 5.75 Å². The van der Waals surface area contributed by atoms with Crippen molar-refractivity contribution in [2.45, 2.75) is 6.54 Å². The summed E-state index contributed by atoms with van der Waals surface area (Å²) in [7, 11) is 0. The summed E-state index contributed by atoms with van der Waals surface area (Å²) in [5, 5.41) is 20.8. The molecule has 104 valence electrons. The first kappa shape index (κ1) is 14.1. The van der Waals surface area contributed by atoms with E-state index in [1.54, 1.807) is 6.07 Å². The van der Waals surface area contributed by atoms with Crippen molar-refractivity contribution in [2.24, 2.45) is 0 Å². The zero-order valence-corrected chi connectivity index (χ0v) is 11.7. The van der Waals surface area contributed by atoms with Crippen LogP contribution in [-0.4, -0.2) is 22.1 Å². The van der Waals surface area contributed by atoms with Crippen molar-refractivity contribution < 1.29 is 24.2 Å². The summed E-state index contributed by atoms with van der Waals surface area (Å²) < 4.78 is 5.66. The van der Waals surface area contributed by atoms with Crippen molar-refractivity contribution in [1.82, 2.24) is 5.32 Å². The van der Waals surface area contributed by atoms with Crippen molar-refractivity contribution in [1.29, 1.82) is 0 Å². The number of aromatic carboxylic acids is 1. The van der Waals surface area contributed by atoms with Gasteiger partial charge in [0.15, 0.2) is 0 Å². The van der Waals surface area contributed by atoms with Gasteiger partial charge in [0.1, 0.15) is 11.5 Å². The van der Waals surface area contributed by atoms with Crippen molar-refractivity contribution in [3.05, 3.63) is 51.9 Å². The summed E-state index contributed by atoms with van der Waals surface area (Å²) in [6, 6.07) is 7.26. The van der Waals surface area contributed by atoms with Gasteiger partial charge >= 0.3 is 5.97 Å². The van der Waals surface area contributed by atoms with Gasteiger partial charge in [-0.25, -0.2) is 4.79 Å². The molecule has 1 aromatic heterocycles. The number of phenols is 1. The highest BCUT2D eigenvalue weighted by molar-refractivity contribution is 9.10. The Morgan fingerprint density at radius 2 is 2.00 bits per heavy atom. The van der Waals surface area contributed by atoms with E-state index in [0.717, 1.165) is 0 Å². The number of benzene rings is 1. The summed E-state index contributed by atoms with van der Waals surface area (Å²) in [6.45, 7) is 0.0259. The van der Waals surface area contributed by atoms with Crippen LogP contribution < -0.4 is 5.32 Å². The Kier molecular flexibility index (Phi) is 4.09. The summed E-state index contributed by atoms with van der Waals surface area (Å²) in [5.74, 6) is -1.69. The first-order valence-corrected chi connectivity index (χ1v) is 6.35. The number of carboxylic acid groups (broad SMARTS) is 1. The molecule has 0 aliphatic rings. The molecule has 2 rings (SSSR count). The maximum atomic E-state index is 11.9. The normalized spacial score (nSPS) is 10.2. The number of carboxylic acids is 1. The molecular weight excluding hydrogens is 330 g/mol. The third-order valence-corrected chi connectivity index (χ3v) is 2.99. The monoisotopic (exact) mass is 339 g/mol. The molecule has 0 aliphatic heterocycles. The molecule has 7 heteroatoms. The van der Waals surface area contributed by atoms with E-state index in [-0.39, 0.29) is 23.6 Å². The molecule has 1 amide bonds. The van der Waals surface area contributed by atoms with Crippen LogP contribution >= 0.6 is 15.9 Å². The highest BCUT2D eigenvalue weighted by atomic mass is 79.9. The zero-order valence-electron chi connectivity index (χ0n) is 10.1. The number of rotatable bonds is 4. The number of halogens is 1. The summed E-state index contributed by atoms with van der Waals surface area (Å²) in [6.07, 6.45) is 0. The van der Waals surface area contributed by atoms with Gasteiger partial charge in [0, 0.05) is 4.47 Å². The van der Waals surface area contributed by atoms with Gasteiger partial charge in [-0.2, -0.15) is 0 Å². The Balaban J connectivity index is 2.04. The lowest BCUT2D eigenvalue weighted by Crippen LogP contribution is -2.22. The zero-order chi connectivity index (χ0) is 14.7. The van der Waals surface area contributed by atoms with Crippen LogP contribution in [0.25, 0.3) is 0 Å². The maximum Gasteiger partial charge on any atom is 0.371 e. The maximum absolute atomic E-state index is 11.9. The summed E-state index contributed by atoms with van der Waals surface area (Å²) in [5.41, 5.74) is 0.115. The van der Waals surface area contributed by atoms with Gasteiger partial charge in [-0.1, -0.05) is 15.9 Å². The number of phenolic OH excluding ortho intramolecular Hbond substituents is 1. The summed E-state index contributed by atoms with van der Waals surface area (Å²) >= 11 is 3.21. The van der Waals surface area contributed by atoms with Crippen LogP contribution in [0.15, 0.2) is 39.2 Å². The molecule has 1 aromatic carbocycles. The number of carbonyl (C=O) groups is 2. The molecule has 0 aliphatic carbocycles. The van der Waals surface area contributed by atoms with Crippen LogP contribution in [0.1, 0.15) is 26.7 Å². The Labute approximate surface area is 122 Å². The lowest BCUT2D eigenvalue weighted by atomic mass is 10.2. The van der Waals surface area contributed by atoms with Crippen molar-refractivity contribution in [3.63, 3.8) is 0 Å². The minimum Gasteiger partial charge on any atom is -0.507 e. The van der Waals surface area contributed by atoms with Gasteiger partial charge in [-0.3, -0.25) is 4.79 Å². The highest BCUT2D eigenvalue weighted by Crippen LogP contribution is 2.21. The second kappa shape index (κ2) is 5.79. The Hall–Kier alpha value is -2.28. The Morgan fingerprint density at radius 3 is 2.65 bits per heavy atom. The van der Waals surface area contributed by atoms with Crippen molar-refractivity contribution >= 4 is 27.8 Å². The second-order valence-electron chi connectivity index (χ2n) is 3.92. The molecule has 0 saturated carbocycles. The number of hydrogen-bond acceptors (Lipinski definition) is 4. The van der Waals surface area contributed by atoms with Gasteiger partial charge in [0.2, 0.25) is 5.76 Å². The fraction of sp³-hybridized carbons (Fsp3) is 0.0769. The average molecular weight is 340 g/mol. The van der Waals surface area contributed by atoms with Crippen molar-refractivity contribution in [2.75, 3.05) is 0 Å². The van der Waals surface area contributed by atoms with E-state index in [2.05, 4.69) is 21.2 Å². The lowest BCUT2D eigenvalue weighted by molar-refractivity contribution is 0.0660. The molecule has 6 nitrogen and oxygen atoms in total. The molecule has 0 radical (unpaired) electrons. The Morgan fingerprint density at radius 1 is 1.25 bits per heavy atom. The molecule has 0 atom stereocenters. The standard InChI is InChI=1S/C13H10BrNO5/c14-7-1-3-10(16)9(5-7)12(17)15-6-8-2-4-11(20-8)13(18)19/h1-5,16H,6H2,(H,15,17)(H,18,19). The number of hydrogen-bond donors (Lipinski definition) is 3. The second-order valence-corrected chi connectivity index (χ2v) is 4.83. The van der Waals surface area contributed by atoms with E-state index in [4.69, 9.17) is 9.52 Å². The fourth-order valence-electron chi connectivity index (χ4n) is 1.54. The molecule has 0 unspecified atom stereocenters. The molecule has 2 aromatic rings. The number of aromatic hydroxyl groups is 1. The van der Waals surface area contributed by atoms with Gasteiger partial charge in [-0.05, 0) is 30.3 Å². The minimum atomic E-state index is -1.17. The number of amides is 1. The number of nitrogens with one attached hydrogen (secondary N) is 1. The molecule has 20 heavy (non-hydrogen) atoms. The molecule has 3 N–H and O–H groups in total. The lowest BCUT2D eigenvalue weighted by Gasteiger charge is -2.06. The van der Waals surface area contributed by atoms with Crippen LogP contribution in [0.5, 0.6) is 5.75 Å². The van der Waals surface area contributed by atoms with Crippen LogP contribution in [0.3, 0.4) is 0 Å².